The van der Waals surface area contributed by atoms with Crippen molar-refractivity contribution in [3.63, 3.8) is 0 Å². The summed E-state index contributed by atoms with van der Waals surface area (Å²) in [6.07, 6.45) is 1.40. The molecule has 1 N–H and O–H groups in total. The SMILES string of the molecule is Cc1ccccc1NC(=O)CCN1C(=O)SC(=Cc2cccc([N+](=O)[O-])c2)C1=O. The molecule has 3 rings (SSSR count). The lowest BCUT2D eigenvalue weighted by molar-refractivity contribution is -0.384. The molecule has 2 aromatic rings. The number of nitrogens with zero attached hydrogens (tertiary/aromatic N) is 2. The molecule has 0 saturated carbocycles. The zero-order valence-electron chi connectivity index (χ0n) is 15.5. The molecule has 0 spiro atoms. The highest BCUT2D eigenvalue weighted by molar-refractivity contribution is 8.18. The Balaban J connectivity index is 1.64. The van der Waals surface area contributed by atoms with Gasteiger partial charge in [-0.1, -0.05) is 30.3 Å². The van der Waals surface area contributed by atoms with E-state index < -0.39 is 16.1 Å². The molecule has 1 aliphatic rings. The van der Waals surface area contributed by atoms with E-state index >= 15 is 0 Å². The molecule has 0 atom stereocenters. The van der Waals surface area contributed by atoms with E-state index in [1.165, 1.54) is 24.3 Å². The van der Waals surface area contributed by atoms with Crippen molar-refractivity contribution >= 4 is 46.3 Å². The number of carbonyl (C=O) groups excluding carboxylic acids is 3. The number of amides is 3. The van der Waals surface area contributed by atoms with Crippen LogP contribution >= 0.6 is 11.8 Å². The molecule has 1 fully saturated rings. The van der Waals surface area contributed by atoms with Crippen molar-refractivity contribution in [3.05, 3.63) is 74.7 Å². The predicted octanol–water partition coefficient (Wildman–Crippen LogP) is 3.97. The molecule has 29 heavy (non-hydrogen) atoms. The van der Waals surface area contributed by atoms with Crippen LogP contribution in [-0.4, -0.2) is 33.4 Å². The highest BCUT2D eigenvalue weighted by atomic mass is 32.2. The van der Waals surface area contributed by atoms with Gasteiger partial charge in [0.25, 0.3) is 16.8 Å². The monoisotopic (exact) mass is 411 g/mol. The Morgan fingerprint density at radius 1 is 1.21 bits per heavy atom. The van der Waals surface area contributed by atoms with Crippen molar-refractivity contribution in [2.75, 3.05) is 11.9 Å². The van der Waals surface area contributed by atoms with Gasteiger partial charge in [0.2, 0.25) is 5.91 Å². The third kappa shape index (κ3) is 4.88. The van der Waals surface area contributed by atoms with Gasteiger partial charge in [-0.15, -0.1) is 0 Å². The minimum absolute atomic E-state index is 0.0313. The van der Waals surface area contributed by atoms with Gasteiger partial charge in [-0.05, 0) is 42.0 Å². The largest absolute Gasteiger partial charge is 0.326 e. The molecule has 8 nitrogen and oxygen atoms in total. The summed E-state index contributed by atoms with van der Waals surface area (Å²) >= 11 is 0.746. The van der Waals surface area contributed by atoms with E-state index in [2.05, 4.69) is 5.32 Å². The first kappa shape index (κ1) is 20.3. The van der Waals surface area contributed by atoms with Gasteiger partial charge in [-0.25, -0.2) is 0 Å². The van der Waals surface area contributed by atoms with Crippen LogP contribution in [0.3, 0.4) is 0 Å². The Bertz CT molecular complexity index is 1030. The Kier molecular flexibility index (Phi) is 6.08. The first-order valence-corrected chi connectivity index (χ1v) is 9.52. The molecule has 1 aliphatic heterocycles. The van der Waals surface area contributed by atoms with Crippen LogP contribution in [0, 0.1) is 17.0 Å². The average Bonchev–Trinajstić information content (AvgIpc) is 2.95. The van der Waals surface area contributed by atoms with Crippen LogP contribution in [0.15, 0.2) is 53.4 Å². The number of carbonyl (C=O) groups is 3. The topological polar surface area (TPSA) is 110 Å². The standard InChI is InChI=1S/C20H17N3O5S/c1-13-5-2-3-8-16(13)21-18(24)9-10-22-19(25)17(29-20(22)26)12-14-6-4-7-15(11-14)23(27)28/h2-8,11-12H,9-10H2,1H3,(H,21,24). The first-order valence-electron chi connectivity index (χ1n) is 8.70. The molecule has 1 heterocycles. The summed E-state index contributed by atoms with van der Waals surface area (Å²) in [6, 6.07) is 13.1. The van der Waals surface area contributed by atoms with Crippen molar-refractivity contribution in [3.8, 4) is 0 Å². The second kappa shape index (κ2) is 8.70. The molecular formula is C20H17N3O5S. The number of aryl methyl sites for hydroxylation is 1. The lowest BCUT2D eigenvalue weighted by Gasteiger charge is -2.13. The number of imide groups is 1. The van der Waals surface area contributed by atoms with Crippen molar-refractivity contribution in [2.24, 2.45) is 0 Å². The summed E-state index contributed by atoms with van der Waals surface area (Å²) in [4.78, 5) is 48.4. The maximum absolute atomic E-state index is 12.5. The molecule has 0 aromatic heterocycles. The molecular weight excluding hydrogens is 394 g/mol. The van der Waals surface area contributed by atoms with E-state index in [1.807, 2.05) is 19.1 Å². The molecule has 0 radical (unpaired) electrons. The zero-order chi connectivity index (χ0) is 21.0. The number of non-ortho nitro benzene ring substituents is 1. The lowest BCUT2D eigenvalue weighted by atomic mass is 10.2. The summed E-state index contributed by atoms with van der Waals surface area (Å²) in [5.74, 6) is -0.823. The number of rotatable bonds is 6. The van der Waals surface area contributed by atoms with Crippen LogP contribution in [-0.2, 0) is 9.59 Å². The third-order valence-electron chi connectivity index (χ3n) is 4.23. The van der Waals surface area contributed by atoms with E-state index in [0.29, 0.717) is 11.3 Å². The Morgan fingerprint density at radius 3 is 2.69 bits per heavy atom. The number of nitrogens with one attached hydrogen (secondary N) is 1. The fraction of sp³-hybridized carbons (Fsp3) is 0.150. The maximum Gasteiger partial charge on any atom is 0.293 e. The summed E-state index contributed by atoms with van der Waals surface area (Å²) in [5.41, 5.74) is 1.93. The van der Waals surface area contributed by atoms with Gasteiger partial charge in [0.1, 0.15) is 0 Å². The smallest absolute Gasteiger partial charge is 0.293 e. The summed E-state index contributed by atoms with van der Waals surface area (Å²) in [7, 11) is 0. The summed E-state index contributed by atoms with van der Waals surface area (Å²) in [6.45, 7) is 1.82. The van der Waals surface area contributed by atoms with Gasteiger partial charge < -0.3 is 5.32 Å². The summed E-state index contributed by atoms with van der Waals surface area (Å²) in [5, 5.41) is 13.2. The van der Waals surface area contributed by atoms with Crippen molar-refractivity contribution in [2.45, 2.75) is 13.3 Å². The fourth-order valence-electron chi connectivity index (χ4n) is 2.71. The van der Waals surface area contributed by atoms with Gasteiger partial charge in [-0.3, -0.25) is 29.4 Å². The number of nitro groups is 1. The molecule has 148 valence electrons. The predicted molar refractivity (Wildman–Crippen MR) is 110 cm³/mol. The number of hydrogen-bond donors (Lipinski definition) is 1. The number of anilines is 1. The normalized spacial score (nSPS) is 15.1. The minimum Gasteiger partial charge on any atom is -0.326 e. The van der Waals surface area contributed by atoms with Crippen molar-refractivity contribution in [1.29, 1.82) is 0 Å². The number of para-hydroxylation sites is 1. The minimum atomic E-state index is -0.532. The van der Waals surface area contributed by atoms with E-state index in [-0.39, 0.29) is 29.5 Å². The van der Waals surface area contributed by atoms with Gasteiger partial charge in [0.05, 0.1) is 9.83 Å². The zero-order valence-corrected chi connectivity index (χ0v) is 16.3. The highest BCUT2D eigenvalue weighted by Gasteiger charge is 2.35. The molecule has 9 heteroatoms. The Labute approximate surface area is 170 Å². The molecule has 0 aliphatic carbocycles. The highest BCUT2D eigenvalue weighted by Crippen LogP contribution is 2.32. The van der Waals surface area contributed by atoms with Crippen LogP contribution in [0.2, 0.25) is 0 Å². The van der Waals surface area contributed by atoms with Gasteiger partial charge in [0.15, 0.2) is 0 Å². The number of nitro benzene ring substituents is 1. The number of hydrogen-bond acceptors (Lipinski definition) is 6. The Morgan fingerprint density at radius 2 is 1.97 bits per heavy atom. The van der Waals surface area contributed by atoms with Crippen LogP contribution in [0.1, 0.15) is 17.5 Å². The second-order valence-corrected chi connectivity index (χ2v) is 7.29. The van der Waals surface area contributed by atoms with Gasteiger partial charge >= 0.3 is 0 Å². The van der Waals surface area contributed by atoms with Crippen LogP contribution in [0.25, 0.3) is 6.08 Å². The van der Waals surface area contributed by atoms with E-state index in [1.54, 1.807) is 18.2 Å². The van der Waals surface area contributed by atoms with Gasteiger partial charge in [0, 0.05) is 30.8 Å². The van der Waals surface area contributed by atoms with E-state index in [4.69, 9.17) is 0 Å². The fourth-order valence-corrected chi connectivity index (χ4v) is 3.58. The Hall–Kier alpha value is -3.46. The molecule has 1 saturated heterocycles. The second-order valence-electron chi connectivity index (χ2n) is 6.30. The molecule has 0 bridgehead atoms. The van der Waals surface area contributed by atoms with E-state index in [9.17, 15) is 24.5 Å². The first-order chi connectivity index (χ1) is 13.8. The van der Waals surface area contributed by atoms with Crippen LogP contribution in [0.5, 0.6) is 0 Å². The molecule has 0 unspecified atom stereocenters. The van der Waals surface area contributed by atoms with Crippen molar-refractivity contribution in [1.82, 2.24) is 4.90 Å². The lowest BCUT2D eigenvalue weighted by Crippen LogP contribution is -2.31. The number of benzene rings is 2. The quantitative estimate of drug-likeness (QED) is 0.438. The van der Waals surface area contributed by atoms with Crippen LogP contribution < -0.4 is 5.32 Å². The van der Waals surface area contributed by atoms with E-state index in [0.717, 1.165) is 22.2 Å². The third-order valence-corrected chi connectivity index (χ3v) is 5.14. The van der Waals surface area contributed by atoms with Crippen molar-refractivity contribution < 1.29 is 19.3 Å². The molecule has 3 amide bonds. The number of thioether (sulfide) groups is 1. The summed E-state index contributed by atoms with van der Waals surface area (Å²) < 4.78 is 0. The van der Waals surface area contributed by atoms with Gasteiger partial charge in [-0.2, -0.15) is 0 Å². The average molecular weight is 411 g/mol. The molecule has 2 aromatic carbocycles. The van der Waals surface area contributed by atoms with Crippen LogP contribution in [0.4, 0.5) is 16.2 Å². The maximum atomic E-state index is 12.5.